The maximum absolute atomic E-state index is 11.8. The smallest absolute Gasteiger partial charge is 0.243 e. The van der Waals surface area contributed by atoms with Crippen molar-refractivity contribution in [2.75, 3.05) is 47.4 Å². The van der Waals surface area contributed by atoms with Crippen molar-refractivity contribution in [1.82, 2.24) is 15.1 Å². The van der Waals surface area contributed by atoms with E-state index in [-0.39, 0.29) is 12.5 Å². The van der Waals surface area contributed by atoms with Gasteiger partial charge in [-0.15, -0.1) is 0 Å². The summed E-state index contributed by atoms with van der Waals surface area (Å²) in [6.45, 7) is 9.75. The summed E-state index contributed by atoms with van der Waals surface area (Å²) in [6.07, 6.45) is 0. The minimum atomic E-state index is -0.0427. The van der Waals surface area contributed by atoms with Gasteiger partial charge in [-0.05, 0) is 26.0 Å². The summed E-state index contributed by atoms with van der Waals surface area (Å²) < 4.78 is 5.75. The average molecular weight is 346 g/mol. The van der Waals surface area contributed by atoms with Gasteiger partial charge in [0.25, 0.3) is 0 Å². The predicted octanol–water partition coefficient (Wildman–Crippen LogP) is 1.92. The fourth-order valence-electron chi connectivity index (χ4n) is 1.87. The molecule has 6 nitrogen and oxygen atoms in total. The van der Waals surface area contributed by atoms with Gasteiger partial charge >= 0.3 is 0 Å². The fraction of sp³-hybridized carbons (Fsp3) is 0.474. The third-order valence-corrected chi connectivity index (χ3v) is 3.49. The van der Waals surface area contributed by atoms with E-state index in [9.17, 15) is 4.79 Å². The number of ether oxygens (including phenoxy) is 1. The fourth-order valence-corrected chi connectivity index (χ4v) is 1.87. The Balaban J connectivity index is 2.59. The standard InChI is InChI=1S/C19H30N4O2/c1-15(2)13-20-19(21-14-18(24)22(4)5)23(6)11-12-25-17-9-7-16(3)8-10-17/h7-10H,1,11-14H2,2-6H3,(H,20,21). The topological polar surface area (TPSA) is 57.2 Å². The summed E-state index contributed by atoms with van der Waals surface area (Å²) in [5.41, 5.74) is 2.20. The normalized spacial score (nSPS) is 11.0. The number of benzene rings is 1. The Bertz CT molecular complexity index is 594. The lowest BCUT2D eigenvalue weighted by Gasteiger charge is -2.23. The molecule has 0 bridgehead atoms. The molecule has 0 unspecified atom stereocenters. The third-order valence-electron chi connectivity index (χ3n) is 3.49. The van der Waals surface area contributed by atoms with Crippen LogP contribution in [-0.4, -0.2) is 69.1 Å². The van der Waals surface area contributed by atoms with Crippen LogP contribution in [0, 0.1) is 6.92 Å². The molecule has 1 amide bonds. The van der Waals surface area contributed by atoms with Gasteiger partial charge in [-0.2, -0.15) is 0 Å². The van der Waals surface area contributed by atoms with Crippen molar-refractivity contribution < 1.29 is 9.53 Å². The van der Waals surface area contributed by atoms with E-state index in [0.717, 1.165) is 11.3 Å². The monoisotopic (exact) mass is 346 g/mol. The van der Waals surface area contributed by atoms with E-state index in [4.69, 9.17) is 4.74 Å². The lowest BCUT2D eigenvalue weighted by atomic mass is 10.2. The number of likely N-dealkylation sites (N-methyl/N-ethyl adjacent to an activating group) is 2. The molecule has 1 aromatic rings. The molecule has 0 saturated heterocycles. The molecule has 0 fully saturated rings. The van der Waals surface area contributed by atoms with Crippen LogP contribution >= 0.6 is 0 Å². The van der Waals surface area contributed by atoms with Crippen LogP contribution in [0.1, 0.15) is 12.5 Å². The summed E-state index contributed by atoms with van der Waals surface area (Å²) in [4.78, 5) is 19.6. The summed E-state index contributed by atoms with van der Waals surface area (Å²) in [6, 6.07) is 7.96. The molecule has 138 valence electrons. The number of aliphatic imine (C=N–C) groups is 1. The second-order valence-corrected chi connectivity index (χ2v) is 6.32. The second kappa shape index (κ2) is 10.4. The minimum absolute atomic E-state index is 0.0427. The van der Waals surface area contributed by atoms with Gasteiger partial charge in [0.05, 0.1) is 6.54 Å². The highest BCUT2D eigenvalue weighted by molar-refractivity contribution is 5.84. The van der Waals surface area contributed by atoms with Gasteiger partial charge in [0, 0.05) is 27.7 Å². The molecule has 0 heterocycles. The Kier molecular flexibility index (Phi) is 8.53. The first kappa shape index (κ1) is 20.5. The Morgan fingerprint density at radius 2 is 1.88 bits per heavy atom. The number of hydrogen-bond acceptors (Lipinski definition) is 3. The highest BCUT2D eigenvalue weighted by atomic mass is 16.5. The number of aryl methyl sites for hydroxylation is 1. The lowest BCUT2D eigenvalue weighted by molar-refractivity contribution is -0.127. The molecular weight excluding hydrogens is 316 g/mol. The molecule has 6 heteroatoms. The zero-order valence-corrected chi connectivity index (χ0v) is 16.0. The zero-order valence-electron chi connectivity index (χ0n) is 16.0. The van der Waals surface area contributed by atoms with Crippen LogP contribution in [-0.2, 0) is 4.79 Å². The van der Waals surface area contributed by atoms with E-state index < -0.39 is 0 Å². The first-order valence-corrected chi connectivity index (χ1v) is 8.33. The molecule has 0 aliphatic carbocycles. The summed E-state index contributed by atoms with van der Waals surface area (Å²) >= 11 is 0. The van der Waals surface area contributed by atoms with Crippen molar-refractivity contribution in [1.29, 1.82) is 0 Å². The number of hydrogen-bond donors (Lipinski definition) is 1. The molecule has 0 atom stereocenters. The van der Waals surface area contributed by atoms with Gasteiger partial charge in [0.1, 0.15) is 18.9 Å². The largest absolute Gasteiger partial charge is 0.492 e. The Labute approximate surface area is 151 Å². The minimum Gasteiger partial charge on any atom is -0.492 e. The van der Waals surface area contributed by atoms with Crippen molar-refractivity contribution in [3.8, 4) is 5.75 Å². The molecule has 0 spiro atoms. The van der Waals surface area contributed by atoms with Gasteiger partial charge in [-0.25, -0.2) is 4.99 Å². The van der Waals surface area contributed by atoms with Crippen LogP contribution in [0.5, 0.6) is 5.75 Å². The van der Waals surface area contributed by atoms with Crippen molar-refractivity contribution in [2.24, 2.45) is 4.99 Å². The molecule has 1 aromatic carbocycles. The van der Waals surface area contributed by atoms with Gasteiger partial charge in [-0.1, -0.05) is 29.8 Å². The molecular formula is C19H30N4O2. The molecule has 0 aliphatic rings. The van der Waals surface area contributed by atoms with Crippen LogP contribution in [0.4, 0.5) is 0 Å². The van der Waals surface area contributed by atoms with Crippen LogP contribution in [0.15, 0.2) is 41.4 Å². The molecule has 0 radical (unpaired) electrons. The van der Waals surface area contributed by atoms with Gasteiger partial charge < -0.3 is 19.9 Å². The van der Waals surface area contributed by atoms with E-state index >= 15 is 0 Å². The second-order valence-electron chi connectivity index (χ2n) is 6.32. The van der Waals surface area contributed by atoms with Crippen LogP contribution in [0.3, 0.4) is 0 Å². The predicted molar refractivity (Wildman–Crippen MR) is 103 cm³/mol. The van der Waals surface area contributed by atoms with E-state index in [2.05, 4.69) is 16.9 Å². The summed E-state index contributed by atoms with van der Waals surface area (Å²) in [5, 5.41) is 3.22. The first-order chi connectivity index (χ1) is 11.8. The maximum Gasteiger partial charge on any atom is 0.243 e. The Morgan fingerprint density at radius 1 is 1.24 bits per heavy atom. The molecule has 1 N–H and O–H groups in total. The van der Waals surface area contributed by atoms with Crippen LogP contribution < -0.4 is 10.1 Å². The molecule has 25 heavy (non-hydrogen) atoms. The van der Waals surface area contributed by atoms with Crippen LogP contribution in [0.2, 0.25) is 0 Å². The van der Waals surface area contributed by atoms with Crippen molar-refractivity contribution in [3.05, 3.63) is 42.0 Å². The number of rotatable bonds is 8. The Morgan fingerprint density at radius 3 is 2.44 bits per heavy atom. The number of carbonyl (C=O) groups is 1. The average Bonchev–Trinajstić information content (AvgIpc) is 2.55. The number of carbonyl (C=O) groups excluding carboxylic acids is 1. The van der Waals surface area contributed by atoms with Crippen LogP contribution in [0.25, 0.3) is 0 Å². The SMILES string of the molecule is C=C(C)CNC(=NCC(=O)N(C)C)N(C)CCOc1ccc(C)cc1. The highest BCUT2D eigenvalue weighted by Gasteiger charge is 2.09. The summed E-state index contributed by atoms with van der Waals surface area (Å²) in [5.74, 6) is 1.46. The number of amides is 1. The van der Waals surface area contributed by atoms with Crippen molar-refractivity contribution >= 4 is 11.9 Å². The summed E-state index contributed by atoms with van der Waals surface area (Å²) in [7, 11) is 5.36. The van der Waals surface area contributed by atoms with E-state index in [1.54, 1.807) is 14.1 Å². The molecule has 0 aromatic heterocycles. The highest BCUT2D eigenvalue weighted by Crippen LogP contribution is 2.11. The maximum atomic E-state index is 11.8. The number of guanidine groups is 1. The van der Waals surface area contributed by atoms with E-state index in [1.165, 1.54) is 10.5 Å². The molecule has 0 saturated carbocycles. The number of nitrogens with one attached hydrogen (secondary N) is 1. The van der Waals surface area contributed by atoms with Crippen molar-refractivity contribution in [3.63, 3.8) is 0 Å². The van der Waals surface area contributed by atoms with Gasteiger partial charge in [0.15, 0.2) is 5.96 Å². The quantitative estimate of drug-likeness (QED) is 0.444. The van der Waals surface area contributed by atoms with Gasteiger partial charge in [0.2, 0.25) is 5.91 Å². The Hall–Kier alpha value is -2.50. The van der Waals surface area contributed by atoms with Crippen molar-refractivity contribution in [2.45, 2.75) is 13.8 Å². The molecule has 0 aliphatic heterocycles. The van der Waals surface area contributed by atoms with E-state index in [1.807, 2.05) is 50.1 Å². The van der Waals surface area contributed by atoms with Gasteiger partial charge in [-0.3, -0.25) is 4.79 Å². The first-order valence-electron chi connectivity index (χ1n) is 8.33. The number of nitrogens with zero attached hydrogens (tertiary/aromatic N) is 3. The lowest BCUT2D eigenvalue weighted by Crippen LogP contribution is -2.42. The third kappa shape index (κ3) is 8.24. The van der Waals surface area contributed by atoms with E-state index in [0.29, 0.717) is 25.7 Å². The molecule has 1 rings (SSSR count). The zero-order chi connectivity index (χ0) is 18.8.